The van der Waals surface area contributed by atoms with Crippen LogP contribution < -0.4 is 4.90 Å². The highest BCUT2D eigenvalue weighted by atomic mass is 32.1. The number of carboxylic acid groups (broad SMARTS) is 2. The van der Waals surface area contributed by atoms with E-state index in [2.05, 4.69) is 33.2 Å². The molecule has 2 aromatic heterocycles. The SMILES string of the molecule is Cc1nc(N2CCC(C)CC2)c2ccsc2n1.O=C(O)C(=O)O. The van der Waals surface area contributed by atoms with Crippen LogP contribution in [0.4, 0.5) is 5.82 Å². The fourth-order valence-corrected chi connectivity index (χ4v) is 3.21. The maximum Gasteiger partial charge on any atom is 0.414 e. The van der Waals surface area contributed by atoms with E-state index in [9.17, 15) is 0 Å². The minimum atomic E-state index is -1.82. The molecule has 0 amide bonds. The van der Waals surface area contributed by atoms with Crippen LogP contribution in [0.2, 0.25) is 0 Å². The third kappa shape index (κ3) is 4.38. The van der Waals surface area contributed by atoms with Crippen LogP contribution in [0.3, 0.4) is 0 Å². The molecule has 0 atom stereocenters. The monoisotopic (exact) mass is 337 g/mol. The highest BCUT2D eigenvalue weighted by Crippen LogP contribution is 2.30. The molecule has 0 saturated carbocycles. The number of carboxylic acids is 2. The number of aryl methyl sites for hydroxylation is 1. The molecule has 1 saturated heterocycles. The molecule has 1 fully saturated rings. The van der Waals surface area contributed by atoms with Crippen molar-refractivity contribution in [3.05, 3.63) is 17.3 Å². The van der Waals surface area contributed by atoms with Crippen LogP contribution in [0.25, 0.3) is 10.2 Å². The number of thiophene rings is 1. The van der Waals surface area contributed by atoms with Gasteiger partial charge in [-0.15, -0.1) is 11.3 Å². The Bertz CT molecular complexity index is 696. The van der Waals surface area contributed by atoms with Crippen molar-refractivity contribution >= 4 is 39.3 Å². The van der Waals surface area contributed by atoms with Crippen molar-refractivity contribution in [2.75, 3.05) is 18.0 Å². The number of aliphatic carboxylic acids is 2. The van der Waals surface area contributed by atoms with Crippen molar-refractivity contribution in [2.24, 2.45) is 5.92 Å². The maximum atomic E-state index is 9.10. The van der Waals surface area contributed by atoms with Crippen LogP contribution in [0.1, 0.15) is 25.6 Å². The second kappa shape index (κ2) is 7.36. The first kappa shape index (κ1) is 17.1. The Hall–Kier alpha value is -2.22. The molecule has 0 aromatic carbocycles. The van der Waals surface area contributed by atoms with Crippen molar-refractivity contribution in [1.29, 1.82) is 0 Å². The smallest absolute Gasteiger partial charge is 0.414 e. The Kier molecular flexibility index (Phi) is 5.49. The van der Waals surface area contributed by atoms with Gasteiger partial charge in [0.2, 0.25) is 0 Å². The van der Waals surface area contributed by atoms with Crippen LogP contribution in [-0.4, -0.2) is 45.2 Å². The van der Waals surface area contributed by atoms with Gasteiger partial charge in [-0.2, -0.15) is 0 Å². The summed E-state index contributed by atoms with van der Waals surface area (Å²) < 4.78 is 0. The van der Waals surface area contributed by atoms with Gasteiger partial charge in [0, 0.05) is 13.1 Å². The predicted molar refractivity (Wildman–Crippen MR) is 88.0 cm³/mol. The summed E-state index contributed by atoms with van der Waals surface area (Å²) in [5.74, 6) is -0.772. The molecule has 1 aliphatic heterocycles. The molecule has 8 heteroatoms. The Labute approximate surface area is 137 Å². The summed E-state index contributed by atoms with van der Waals surface area (Å²) in [7, 11) is 0. The quantitative estimate of drug-likeness (QED) is 0.770. The van der Waals surface area contributed by atoms with E-state index in [1.807, 2.05) is 6.92 Å². The zero-order chi connectivity index (χ0) is 17.0. The van der Waals surface area contributed by atoms with E-state index in [0.717, 1.165) is 35.5 Å². The number of hydrogen-bond donors (Lipinski definition) is 2. The third-order valence-corrected chi connectivity index (χ3v) is 4.49. The summed E-state index contributed by atoms with van der Waals surface area (Å²) in [6, 6.07) is 2.15. The number of rotatable bonds is 1. The Balaban J connectivity index is 0.000000277. The lowest BCUT2D eigenvalue weighted by atomic mass is 9.99. The molecule has 3 rings (SSSR count). The lowest BCUT2D eigenvalue weighted by molar-refractivity contribution is -0.159. The normalized spacial score (nSPS) is 15.1. The molecule has 7 nitrogen and oxygen atoms in total. The van der Waals surface area contributed by atoms with Crippen molar-refractivity contribution in [3.8, 4) is 0 Å². The molecule has 23 heavy (non-hydrogen) atoms. The molecule has 2 N–H and O–H groups in total. The van der Waals surface area contributed by atoms with E-state index >= 15 is 0 Å². The van der Waals surface area contributed by atoms with Gasteiger partial charge in [-0.3, -0.25) is 0 Å². The maximum absolute atomic E-state index is 9.10. The highest BCUT2D eigenvalue weighted by molar-refractivity contribution is 7.16. The minimum absolute atomic E-state index is 0.854. The molecule has 1 aliphatic rings. The van der Waals surface area contributed by atoms with Gasteiger partial charge >= 0.3 is 11.9 Å². The van der Waals surface area contributed by atoms with Gasteiger partial charge in [0.05, 0.1) is 5.39 Å². The minimum Gasteiger partial charge on any atom is -0.473 e. The van der Waals surface area contributed by atoms with Gasteiger partial charge in [-0.05, 0) is 37.1 Å². The number of anilines is 1. The van der Waals surface area contributed by atoms with Gasteiger partial charge in [0.1, 0.15) is 16.5 Å². The second-order valence-electron chi connectivity index (χ2n) is 5.51. The Morgan fingerprint density at radius 1 is 1.22 bits per heavy atom. The number of nitrogens with zero attached hydrogens (tertiary/aromatic N) is 3. The fourth-order valence-electron chi connectivity index (χ4n) is 2.40. The van der Waals surface area contributed by atoms with Gasteiger partial charge in [-0.25, -0.2) is 19.6 Å². The molecule has 0 aliphatic carbocycles. The lowest BCUT2D eigenvalue weighted by Gasteiger charge is -2.31. The average Bonchev–Trinajstić information content (AvgIpc) is 2.96. The summed E-state index contributed by atoms with van der Waals surface area (Å²) in [6.07, 6.45) is 2.55. The first-order valence-corrected chi connectivity index (χ1v) is 8.19. The highest BCUT2D eigenvalue weighted by Gasteiger charge is 2.19. The predicted octanol–water partition coefficient (Wildman–Crippen LogP) is 2.39. The van der Waals surface area contributed by atoms with E-state index in [-0.39, 0.29) is 0 Å². The van der Waals surface area contributed by atoms with Gasteiger partial charge < -0.3 is 15.1 Å². The first-order chi connectivity index (χ1) is 10.9. The number of fused-ring (bicyclic) bond motifs is 1. The van der Waals surface area contributed by atoms with Crippen molar-refractivity contribution in [2.45, 2.75) is 26.7 Å². The molecular formula is C15H19N3O4S. The van der Waals surface area contributed by atoms with Crippen molar-refractivity contribution < 1.29 is 19.8 Å². The van der Waals surface area contributed by atoms with Gasteiger partial charge in [0.15, 0.2) is 0 Å². The number of carbonyl (C=O) groups is 2. The molecular weight excluding hydrogens is 318 g/mol. The zero-order valence-corrected chi connectivity index (χ0v) is 13.8. The van der Waals surface area contributed by atoms with Crippen molar-refractivity contribution in [3.63, 3.8) is 0 Å². The van der Waals surface area contributed by atoms with Crippen molar-refractivity contribution in [1.82, 2.24) is 9.97 Å². The second-order valence-corrected chi connectivity index (χ2v) is 6.41. The standard InChI is InChI=1S/C13H17N3S.C2H2O4/c1-9-3-6-16(7-4-9)12-11-5-8-17-13(11)15-10(2)14-12;3-1(4)2(5)6/h5,8-9H,3-4,6-7H2,1-2H3;(H,3,4)(H,5,6). The van der Waals surface area contributed by atoms with E-state index in [1.165, 1.54) is 18.2 Å². The van der Waals surface area contributed by atoms with E-state index < -0.39 is 11.9 Å². The molecule has 2 aromatic rings. The topological polar surface area (TPSA) is 104 Å². The summed E-state index contributed by atoms with van der Waals surface area (Å²) in [6.45, 7) is 6.57. The molecule has 0 unspecified atom stereocenters. The summed E-state index contributed by atoms with van der Waals surface area (Å²) in [5.41, 5.74) is 0. The summed E-state index contributed by atoms with van der Waals surface area (Å²) in [4.78, 5) is 30.9. The lowest BCUT2D eigenvalue weighted by Crippen LogP contribution is -2.33. The van der Waals surface area contributed by atoms with Crippen LogP contribution in [0.15, 0.2) is 11.4 Å². The summed E-state index contributed by atoms with van der Waals surface area (Å²) >= 11 is 1.70. The number of hydrogen-bond acceptors (Lipinski definition) is 6. The number of piperidine rings is 1. The van der Waals surface area contributed by atoms with Crippen LogP contribution >= 0.6 is 11.3 Å². The van der Waals surface area contributed by atoms with E-state index in [1.54, 1.807) is 11.3 Å². The van der Waals surface area contributed by atoms with Gasteiger partial charge in [0.25, 0.3) is 0 Å². The Morgan fingerprint density at radius 3 is 2.39 bits per heavy atom. The first-order valence-electron chi connectivity index (χ1n) is 7.31. The van der Waals surface area contributed by atoms with Gasteiger partial charge in [-0.1, -0.05) is 6.92 Å². The molecule has 0 spiro atoms. The number of aromatic nitrogens is 2. The molecule has 0 bridgehead atoms. The summed E-state index contributed by atoms with van der Waals surface area (Å²) in [5, 5.41) is 18.1. The van der Waals surface area contributed by atoms with E-state index in [0.29, 0.717) is 0 Å². The third-order valence-electron chi connectivity index (χ3n) is 3.68. The molecule has 0 radical (unpaired) electrons. The largest absolute Gasteiger partial charge is 0.473 e. The van der Waals surface area contributed by atoms with Crippen LogP contribution in [0, 0.1) is 12.8 Å². The van der Waals surface area contributed by atoms with Crippen LogP contribution in [0.5, 0.6) is 0 Å². The fraction of sp³-hybridized carbons (Fsp3) is 0.467. The Morgan fingerprint density at radius 2 is 1.83 bits per heavy atom. The zero-order valence-electron chi connectivity index (χ0n) is 13.0. The van der Waals surface area contributed by atoms with E-state index in [4.69, 9.17) is 19.8 Å². The average molecular weight is 337 g/mol. The van der Waals surface area contributed by atoms with Crippen LogP contribution in [-0.2, 0) is 9.59 Å². The molecule has 3 heterocycles. The molecule has 124 valence electrons.